The third kappa shape index (κ3) is 4.47. The van der Waals surface area contributed by atoms with Crippen molar-refractivity contribution in [1.82, 2.24) is 19.6 Å². The lowest BCUT2D eigenvalue weighted by Gasteiger charge is -2.11. The normalized spacial score (nSPS) is 12.0. The van der Waals surface area contributed by atoms with Crippen molar-refractivity contribution >= 4 is 40.9 Å². The van der Waals surface area contributed by atoms with Crippen molar-refractivity contribution in [3.05, 3.63) is 64.0 Å². The highest BCUT2D eigenvalue weighted by molar-refractivity contribution is 6.42. The van der Waals surface area contributed by atoms with Gasteiger partial charge in [0.2, 0.25) is 5.91 Å². The second-order valence-electron chi connectivity index (χ2n) is 5.80. The van der Waals surface area contributed by atoms with Gasteiger partial charge < -0.3 is 10.4 Å². The summed E-state index contributed by atoms with van der Waals surface area (Å²) in [6, 6.07) is 7.60. The van der Waals surface area contributed by atoms with Crippen LogP contribution in [0.25, 0.3) is 0 Å². The van der Waals surface area contributed by atoms with Crippen molar-refractivity contribution < 1.29 is 14.7 Å². The molecule has 1 amide bonds. The molecule has 0 aliphatic heterocycles. The summed E-state index contributed by atoms with van der Waals surface area (Å²) in [7, 11) is 0. The summed E-state index contributed by atoms with van der Waals surface area (Å²) in [5, 5.41) is 20.7. The number of nitrogens with zero attached hydrogens (tertiary/aromatic N) is 4. The average Bonchev–Trinajstić information content (AvgIpc) is 3.27. The SMILES string of the molecule is CC(C(=O)Nc1ccn(Cc2ccc(Cl)c(Cl)c2)n1)n1ccc(C(=O)O)n1. The maximum atomic E-state index is 12.3. The third-order valence-corrected chi connectivity index (χ3v) is 4.56. The van der Waals surface area contributed by atoms with E-state index >= 15 is 0 Å². The first kappa shape index (κ1) is 18.9. The van der Waals surface area contributed by atoms with Crippen LogP contribution >= 0.6 is 23.2 Å². The van der Waals surface area contributed by atoms with Gasteiger partial charge in [-0.15, -0.1) is 0 Å². The molecule has 2 N–H and O–H groups in total. The van der Waals surface area contributed by atoms with E-state index in [2.05, 4.69) is 15.5 Å². The van der Waals surface area contributed by atoms with Crippen molar-refractivity contribution in [3.63, 3.8) is 0 Å². The van der Waals surface area contributed by atoms with E-state index in [1.807, 2.05) is 6.07 Å². The molecule has 0 aliphatic rings. The van der Waals surface area contributed by atoms with Crippen LogP contribution in [0, 0.1) is 0 Å². The minimum absolute atomic E-state index is 0.124. The predicted octanol–water partition coefficient (Wildman–Crippen LogP) is 3.33. The summed E-state index contributed by atoms with van der Waals surface area (Å²) in [6.07, 6.45) is 3.16. The fraction of sp³-hybridized carbons (Fsp3) is 0.176. The lowest BCUT2D eigenvalue weighted by atomic mass is 10.2. The van der Waals surface area contributed by atoms with Gasteiger partial charge in [-0.2, -0.15) is 10.2 Å². The van der Waals surface area contributed by atoms with Crippen molar-refractivity contribution in [2.45, 2.75) is 19.5 Å². The highest BCUT2D eigenvalue weighted by atomic mass is 35.5. The number of carbonyl (C=O) groups excluding carboxylic acids is 1. The smallest absolute Gasteiger partial charge is 0.356 e. The summed E-state index contributed by atoms with van der Waals surface area (Å²) in [6.45, 7) is 2.07. The molecule has 3 aromatic rings. The van der Waals surface area contributed by atoms with Gasteiger partial charge in [-0.05, 0) is 30.7 Å². The molecule has 3 rings (SSSR count). The molecule has 2 heterocycles. The van der Waals surface area contributed by atoms with E-state index in [9.17, 15) is 9.59 Å². The Hall–Kier alpha value is -2.84. The molecule has 27 heavy (non-hydrogen) atoms. The standard InChI is InChI=1S/C17H15Cl2N5O3/c1-10(24-7-4-14(21-24)17(26)27)16(25)20-15-5-6-23(22-15)9-11-2-3-12(18)13(19)8-11/h2-8,10H,9H2,1H3,(H,26,27)(H,20,22,25). The van der Waals surface area contributed by atoms with E-state index in [0.29, 0.717) is 22.4 Å². The summed E-state index contributed by atoms with van der Waals surface area (Å²) in [4.78, 5) is 23.2. The number of nitrogens with one attached hydrogen (secondary N) is 1. The number of hydrogen-bond acceptors (Lipinski definition) is 4. The van der Waals surface area contributed by atoms with Crippen LogP contribution in [0.4, 0.5) is 5.82 Å². The number of carbonyl (C=O) groups is 2. The number of rotatable bonds is 6. The fourth-order valence-corrected chi connectivity index (χ4v) is 2.68. The zero-order chi connectivity index (χ0) is 19.6. The molecule has 1 atom stereocenters. The van der Waals surface area contributed by atoms with Crippen molar-refractivity contribution in [2.24, 2.45) is 0 Å². The van der Waals surface area contributed by atoms with E-state index < -0.39 is 12.0 Å². The number of amides is 1. The lowest BCUT2D eigenvalue weighted by molar-refractivity contribution is -0.119. The van der Waals surface area contributed by atoms with Gasteiger partial charge >= 0.3 is 5.97 Å². The highest BCUT2D eigenvalue weighted by Gasteiger charge is 2.18. The third-order valence-electron chi connectivity index (χ3n) is 3.82. The van der Waals surface area contributed by atoms with Crippen LogP contribution < -0.4 is 5.32 Å². The Morgan fingerprint density at radius 3 is 2.59 bits per heavy atom. The van der Waals surface area contributed by atoms with E-state index in [1.165, 1.54) is 16.9 Å². The number of hydrogen-bond donors (Lipinski definition) is 2. The zero-order valence-corrected chi connectivity index (χ0v) is 15.6. The van der Waals surface area contributed by atoms with Gasteiger partial charge in [0.25, 0.3) is 0 Å². The lowest BCUT2D eigenvalue weighted by Crippen LogP contribution is -2.24. The Morgan fingerprint density at radius 2 is 1.93 bits per heavy atom. The first-order valence-electron chi connectivity index (χ1n) is 7.90. The molecule has 0 fully saturated rings. The molecule has 0 saturated heterocycles. The Kier molecular flexibility index (Phi) is 5.48. The van der Waals surface area contributed by atoms with Gasteiger partial charge in [-0.1, -0.05) is 29.3 Å². The molecule has 1 aromatic carbocycles. The summed E-state index contributed by atoms with van der Waals surface area (Å²) in [5.41, 5.74) is 0.789. The van der Waals surface area contributed by atoms with E-state index in [-0.39, 0.29) is 11.6 Å². The van der Waals surface area contributed by atoms with Gasteiger partial charge in [0.05, 0.1) is 16.6 Å². The Labute approximate surface area is 164 Å². The Balaban J connectivity index is 1.64. The van der Waals surface area contributed by atoms with Gasteiger partial charge in [-0.25, -0.2) is 4.79 Å². The number of benzene rings is 1. The molecule has 0 saturated carbocycles. The maximum Gasteiger partial charge on any atom is 0.356 e. The van der Waals surface area contributed by atoms with Crippen LogP contribution in [-0.4, -0.2) is 36.5 Å². The number of aromatic nitrogens is 4. The van der Waals surface area contributed by atoms with Crippen LogP contribution in [0.5, 0.6) is 0 Å². The van der Waals surface area contributed by atoms with Gasteiger partial charge in [-0.3, -0.25) is 14.2 Å². The molecule has 0 spiro atoms. The second-order valence-corrected chi connectivity index (χ2v) is 6.61. The van der Waals surface area contributed by atoms with Crippen LogP contribution in [0.1, 0.15) is 29.0 Å². The minimum Gasteiger partial charge on any atom is -0.476 e. The molecular weight excluding hydrogens is 393 g/mol. The number of anilines is 1. The molecule has 8 nitrogen and oxygen atoms in total. The van der Waals surface area contributed by atoms with Crippen LogP contribution in [0.15, 0.2) is 42.7 Å². The summed E-state index contributed by atoms with van der Waals surface area (Å²) >= 11 is 11.9. The van der Waals surface area contributed by atoms with Crippen LogP contribution in [-0.2, 0) is 11.3 Å². The fourth-order valence-electron chi connectivity index (χ4n) is 2.36. The topological polar surface area (TPSA) is 102 Å². The van der Waals surface area contributed by atoms with Crippen LogP contribution in [0.2, 0.25) is 10.0 Å². The molecule has 0 radical (unpaired) electrons. The molecule has 0 bridgehead atoms. The molecule has 1 unspecified atom stereocenters. The van der Waals surface area contributed by atoms with E-state index in [1.54, 1.807) is 36.0 Å². The van der Waals surface area contributed by atoms with E-state index in [4.69, 9.17) is 28.3 Å². The molecule has 2 aromatic heterocycles. The first-order valence-corrected chi connectivity index (χ1v) is 8.66. The summed E-state index contributed by atoms with van der Waals surface area (Å²) in [5.74, 6) is -1.14. The quantitative estimate of drug-likeness (QED) is 0.652. The first-order chi connectivity index (χ1) is 12.8. The minimum atomic E-state index is -1.15. The van der Waals surface area contributed by atoms with Gasteiger partial charge in [0.15, 0.2) is 11.5 Å². The number of aromatic carboxylic acids is 1. The predicted molar refractivity (Wildman–Crippen MR) is 100 cm³/mol. The number of carboxylic acid groups (broad SMARTS) is 1. The maximum absolute atomic E-state index is 12.3. The van der Waals surface area contributed by atoms with Crippen LogP contribution in [0.3, 0.4) is 0 Å². The molecule has 140 valence electrons. The van der Waals surface area contributed by atoms with Crippen molar-refractivity contribution in [3.8, 4) is 0 Å². The Morgan fingerprint density at radius 1 is 1.15 bits per heavy atom. The van der Waals surface area contributed by atoms with Crippen molar-refractivity contribution in [1.29, 1.82) is 0 Å². The number of carboxylic acids is 1. The second kappa shape index (κ2) is 7.81. The van der Waals surface area contributed by atoms with Gasteiger partial charge in [0.1, 0.15) is 6.04 Å². The molecule has 0 aliphatic carbocycles. The molecule has 10 heteroatoms. The zero-order valence-electron chi connectivity index (χ0n) is 14.1. The molecular formula is C17H15Cl2N5O3. The highest BCUT2D eigenvalue weighted by Crippen LogP contribution is 2.23. The summed E-state index contributed by atoms with van der Waals surface area (Å²) < 4.78 is 2.93. The number of halogens is 2. The average molecular weight is 408 g/mol. The van der Waals surface area contributed by atoms with Gasteiger partial charge in [0, 0.05) is 18.5 Å². The monoisotopic (exact) mass is 407 g/mol. The largest absolute Gasteiger partial charge is 0.476 e. The van der Waals surface area contributed by atoms with Crippen molar-refractivity contribution in [2.75, 3.05) is 5.32 Å². The van der Waals surface area contributed by atoms with E-state index in [0.717, 1.165) is 5.56 Å². The Bertz CT molecular complexity index is 998.